The fraction of sp³-hybridized carbons (Fsp3) is 0.214. The van der Waals surface area contributed by atoms with E-state index in [-0.39, 0.29) is 9.77 Å². The Kier molecular flexibility index (Phi) is 4.00. The van der Waals surface area contributed by atoms with E-state index >= 15 is 0 Å². The Bertz CT molecular complexity index is 844. The van der Waals surface area contributed by atoms with E-state index in [2.05, 4.69) is 15.9 Å². The van der Waals surface area contributed by atoms with Gasteiger partial charge >= 0.3 is 5.97 Å². The Morgan fingerprint density at radius 3 is 2.68 bits per heavy atom. The number of hydrogen-bond acceptors (Lipinski definition) is 4. The minimum atomic E-state index is -3.61. The molecule has 0 amide bonds. The van der Waals surface area contributed by atoms with E-state index in [1.807, 2.05) is 0 Å². The van der Waals surface area contributed by atoms with Crippen LogP contribution in [0.4, 0.5) is 5.69 Å². The van der Waals surface area contributed by atoms with Gasteiger partial charge in [-0.2, -0.15) is 0 Å². The van der Waals surface area contributed by atoms with Crippen molar-refractivity contribution in [2.24, 2.45) is 0 Å². The number of aryl methyl sites for hydroxylation is 1. The van der Waals surface area contributed by atoms with E-state index < -0.39 is 16.0 Å². The Morgan fingerprint density at radius 2 is 2.05 bits per heavy atom. The van der Waals surface area contributed by atoms with Crippen molar-refractivity contribution in [2.75, 3.05) is 10.8 Å². The molecule has 3 rings (SSSR count). The third kappa shape index (κ3) is 2.66. The van der Waals surface area contributed by atoms with Crippen LogP contribution >= 0.6 is 27.3 Å². The average molecular weight is 402 g/mol. The number of aromatic carboxylic acids is 1. The van der Waals surface area contributed by atoms with Gasteiger partial charge in [-0.1, -0.05) is 0 Å². The largest absolute Gasteiger partial charge is 0.478 e. The third-order valence-electron chi connectivity index (χ3n) is 3.50. The van der Waals surface area contributed by atoms with Crippen molar-refractivity contribution in [2.45, 2.75) is 17.1 Å². The third-order valence-corrected chi connectivity index (χ3v) is 7.40. The highest BCUT2D eigenvalue weighted by molar-refractivity contribution is 9.11. The minimum Gasteiger partial charge on any atom is -0.478 e. The van der Waals surface area contributed by atoms with E-state index in [0.29, 0.717) is 25.1 Å². The maximum Gasteiger partial charge on any atom is 0.335 e. The number of thiophene rings is 1. The van der Waals surface area contributed by atoms with Gasteiger partial charge in [0.15, 0.2) is 0 Å². The van der Waals surface area contributed by atoms with Crippen molar-refractivity contribution < 1.29 is 18.3 Å². The minimum absolute atomic E-state index is 0.178. The van der Waals surface area contributed by atoms with Crippen molar-refractivity contribution in [3.63, 3.8) is 0 Å². The number of fused-ring (bicyclic) bond motifs is 1. The number of carbonyl (C=O) groups is 1. The zero-order valence-corrected chi connectivity index (χ0v) is 14.5. The maximum atomic E-state index is 12.8. The lowest BCUT2D eigenvalue weighted by Gasteiger charge is -2.30. The summed E-state index contributed by atoms with van der Waals surface area (Å²) in [7, 11) is -3.61. The van der Waals surface area contributed by atoms with E-state index in [0.717, 1.165) is 20.7 Å². The molecule has 0 bridgehead atoms. The molecule has 1 N–H and O–H groups in total. The summed E-state index contributed by atoms with van der Waals surface area (Å²) in [6.07, 6.45) is 1.35. The van der Waals surface area contributed by atoms with Gasteiger partial charge in [-0.05, 0) is 64.7 Å². The number of hydrogen-bond donors (Lipinski definition) is 1. The van der Waals surface area contributed by atoms with Gasteiger partial charge in [0.25, 0.3) is 10.0 Å². The van der Waals surface area contributed by atoms with Gasteiger partial charge in [0, 0.05) is 6.54 Å². The molecular formula is C14H12BrNO4S2. The van der Waals surface area contributed by atoms with Crippen molar-refractivity contribution >= 4 is 48.9 Å². The van der Waals surface area contributed by atoms with Crippen LogP contribution in [0.3, 0.4) is 0 Å². The smallest absolute Gasteiger partial charge is 0.335 e. The monoisotopic (exact) mass is 401 g/mol. The Balaban J connectivity index is 2.07. The predicted octanol–water partition coefficient (Wildman–Crippen LogP) is 3.35. The molecule has 5 nitrogen and oxygen atoms in total. The molecule has 1 aromatic carbocycles. The van der Waals surface area contributed by atoms with Crippen LogP contribution in [0.25, 0.3) is 0 Å². The number of nitrogens with zero attached hydrogens (tertiary/aromatic N) is 1. The van der Waals surface area contributed by atoms with Crippen LogP contribution < -0.4 is 4.31 Å². The van der Waals surface area contributed by atoms with Crippen LogP contribution in [-0.2, 0) is 16.4 Å². The second-order valence-electron chi connectivity index (χ2n) is 4.89. The number of benzene rings is 1. The van der Waals surface area contributed by atoms with Crippen LogP contribution in [-0.4, -0.2) is 26.0 Å². The Morgan fingerprint density at radius 1 is 1.27 bits per heavy atom. The zero-order valence-electron chi connectivity index (χ0n) is 11.3. The first kappa shape index (κ1) is 15.5. The van der Waals surface area contributed by atoms with Crippen LogP contribution in [0, 0.1) is 0 Å². The standard InChI is InChI=1S/C14H12BrNO4S2/c15-12-5-6-13(21-12)22(19,20)16-7-1-2-9-8-10(14(17)18)3-4-11(9)16/h3-6,8H,1-2,7H2,(H,17,18). The van der Waals surface area contributed by atoms with E-state index in [4.69, 9.17) is 5.11 Å². The van der Waals surface area contributed by atoms with E-state index in [9.17, 15) is 13.2 Å². The SMILES string of the molecule is O=C(O)c1ccc2c(c1)CCCN2S(=O)(=O)c1ccc(Br)s1. The van der Waals surface area contributed by atoms with Crippen LogP contribution in [0.5, 0.6) is 0 Å². The molecule has 1 aromatic heterocycles. The van der Waals surface area contributed by atoms with Gasteiger partial charge < -0.3 is 5.11 Å². The van der Waals surface area contributed by atoms with Crippen LogP contribution in [0.1, 0.15) is 22.3 Å². The van der Waals surface area contributed by atoms with Crippen molar-refractivity contribution in [3.8, 4) is 0 Å². The molecule has 0 aliphatic carbocycles. The Hall–Kier alpha value is -1.38. The van der Waals surface area contributed by atoms with E-state index in [1.165, 1.54) is 10.4 Å². The first-order chi connectivity index (χ1) is 10.4. The molecule has 0 spiro atoms. The second-order valence-corrected chi connectivity index (χ2v) is 9.44. The Labute approximate surface area is 140 Å². The van der Waals surface area contributed by atoms with Gasteiger partial charge in [-0.25, -0.2) is 13.2 Å². The van der Waals surface area contributed by atoms with Gasteiger partial charge in [0.05, 0.1) is 15.0 Å². The molecule has 0 saturated heterocycles. The van der Waals surface area contributed by atoms with Crippen molar-refractivity contribution in [3.05, 3.63) is 45.2 Å². The summed E-state index contributed by atoms with van der Waals surface area (Å²) in [6.45, 7) is 0.400. The van der Waals surface area contributed by atoms with Gasteiger partial charge in [0.1, 0.15) is 4.21 Å². The molecule has 8 heteroatoms. The summed E-state index contributed by atoms with van der Waals surface area (Å²) < 4.78 is 28.0. The van der Waals surface area contributed by atoms with E-state index in [1.54, 1.807) is 24.3 Å². The molecule has 0 atom stereocenters. The predicted molar refractivity (Wildman–Crippen MR) is 88.3 cm³/mol. The number of rotatable bonds is 3. The summed E-state index contributed by atoms with van der Waals surface area (Å²) in [6, 6.07) is 7.86. The summed E-state index contributed by atoms with van der Waals surface area (Å²) in [5.74, 6) is -1.01. The molecular weight excluding hydrogens is 390 g/mol. The van der Waals surface area contributed by atoms with Gasteiger partial charge in [-0.3, -0.25) is 4.31 Å². The summed E-state index contributed by atoms with van der Waals surface area (Å²) in [5, 5.41) is 9.06. The fourth-order valence-electron chi connectivity index (χ4n) is 2.49. The topological polar surface area (TPSA) is 74.7 Å². The van der Waals surface area contributed by atoms with Gasteiger partial charge in [-0.15, -0.1) is 11.3 Å². The molecule has 1 aliphatic heterocycles. The molecule has 2 aromatic rings. The molecule has 116 valence electrons. The zero-order chi connectivity index (χ0) is 15.9. The quantitative estimate of drug-likeness (QED) is 0.855. The van der Waals surface area contributed by atoms with Crippen molar-refractivity contribution in [1.82, 2.24) is 0 Å². The summed E-state index contributed by atoms with van der Waals surface area (Å²) in [4.78, 5) is 11.1. The lowest BCUT2D eigenvalue weighted by atomic mass is 10.0. The first-order valence-corrected chi connectivity index (χ1v) is 9.59. The number of anilines is 1. The molecule has 1 aliphatic rings. The molecule has 0 radical (unpaired) electrons. The molecule has 0 unspecified atom stereocenters. The highest BCUT2D eigenvalue weighted by Crippen LogP contribution is 2.35. The first-order valence-electron chi connectivity index (χ1n) is 6.54. The number of sulfonamides is 1. The summed E-state index contributed by atoms with van der Waals surface area (Å²) in [5.41, 5.74) is 1.50. The van der Waals surface area contributed by atoms with Gasteiger partial charge in [0.2, 0.25) is 0 Å². The number of carboxylic acid groups (broad SMARTS) is 1. The normalized spacial score (nSPS) is 14.7. The lowest BCUT2D eigenvalue weighted by Crippen LogP contribution is -2.35. The number of halogens is 1. The van der Waals surface area contributed by atoms with Crippen molar-refractivity contribution in [1.29, 1.82) is 0 Å². The highest BCUT2D eigenvalue weighted by Gasteiger charge is 2.30. The lowest BCUT2D eigenvalue weighted by molar-refractivity contribution is 0.0697. The number of carboxylic acids is 1. The highest BCUT2D eigenvalue weighted by atomic mass is 79.9. The maximum absolute atomic E-state index is 12.8. The molecule has 0 fully saturated rings. The summed E-state index contributed by atoms with van der Waals surface area (Å²) >= 11 is 4.44. The second kappa shape index (κ2) is 5.68. The van der Waals surface area contributed by atoms with Crippen LogP contribution in [0.2, 0.25) is 0 Å². The average Bonchev–Trinajstić information content (AvgIpc) is 2.93. The molecule has 0 saturated carbocycles. The molecule has 2 heterocycles. The fourth-order valence-corrected chi connectivity index (χ4v) is 6.16. The van der Waals surface area contributed by atoms with Crippen LogP contribution in [0.15, 0.2) is 38.3 Å². The molecule has 22 heavy (non-hydrogen) atoms.